The molecule has 4 unspecified atom stereocenters. The highest BCUT2D eigenvalue weighted by molar-refractivity contribution is 7.10. The maximum atomic E-state index is 14.2. The second-order valence-electron chi connectivity index (χ2n) is 12.9. The van der Waals surface area contributed by atoms with Gasteiger partial charge in [0.1, 0.15) is 6.04 Å². The van der Waals surface area contributed by atoms with Crippen molar-refractivity contribution < 1.29 is 19.1 Å². The molecule has 4 atom stereocenters. The first-order chi connectivity index (χ1) is 24.7. The van der Waals surface area contributed by atoms with Crippen LogP contribution in [0.25, 0.3) is 10.8 Å². The number of hydrogen-bond donors (Lipinski definition) is 2. The van der Waals surface area contributed by atoms with Gasteiger partial charge in [-0.2, -0.15) is 5.26 Å². The minimum absolute atomic E-state index is 0.0106. The Kier molecular flexibility index (Phi) is 12.9. The number of nitriles is 1. The minimum Gasteiger partial charge on any atom is -0.468 e. The Morgan fingerprint density at radius 2 is 1.82 bits per heavy atom. The van der Waals surface area contributed by atoms with Gasteiger partial charge < -0.3 is 20.4 Å². The Morgan fingerprint density at radius 3 is 2.53 bits per heavy atom. The summed E-state index contributed by atoms with van der Waals surface area (Å²) in [4.78, 5) is 47.6. The molecule has 3 N–H and O–H groups in total. The third-order valence-electron chi connectivity index (χ3n) is 9.39. The molecule has 1 amide bonds. The molecule has 0 aliphatic carbocycles. The van der Waals surface area contributed by atoms with E-state index in [-0.39, 0.29) is 36.6 Å². The van der Waals surface area contributed by atoms with Crippen LogP contribution in [0, 0.1) is 17.2 Å². The Hall–Kier alpha value is -5.15. The van der Waals surface area contributed by atoms with E-state index < -0.39 is 17.9 Å². The van der Waals surface area contributed by atoms with Crippen LogP contribution in [0.3, 0.4) is 0 Å². The zero-order valence-corrected chi connectivity index (χ0v) is 30.0. The summed E-state index contributed by atoms with van der Waals surface area (Å²) in [6.45, 7) is 5.54. The van der Waals surface area contributed by atoms with Crippen LogP contribution in [0.15, 0.2) is 96.8 Å². The van der Waals surface area contributed by atoms with Crippen molar-refractivity contribution in [3.63, 3.8) is 0 Å². The Labute approximate surface area is 302 Å². The van der Waals surface area contributed by atoms with Crippen LogP contribution in [-0.2, 0) is 38.6 Å². The van der Waals surface area contributed by atoms with Crippen LogP contribution >= 0.6 is 11.3 Å². The number of thiophene rings is 1. The molecule has 3 aromatic carbocycles. The topological polar surface area (TPSA) is 143 Å². The van der Waals surface area contributed by atoms with Crippen LogP contribution < -0.4 is 11.1 Å². The first-order valence-corrected chi connectivity index (χ1v) is 17.9. The van der Waals surface area contributed by atoms with Gasteiger partial charge in [-0.3, -0.25) is 19.3 Å². The van der Waals surface area contributed by atoms with Crippen molar-refractivity contribution in [2.45, 2.75) is 57.8 Å². The Balaban J connectivity index is 1.38. The van der Waals surface area contributed by atoms with Gasteiger partial charge in [0.25, 0.3) is 0 Å². The number of nitrogens with zero attached hydrogens (tertiary/aromatic N) is 4. The monoisotopic (exact) mass is 704 g/mol. The third-order valence-corrected chi connectivity index (χ3v) is 10.3. The maximum Gasteiger partial charge on any atom is 0.323 e. The van der Waals surface area contributed by atoms with E-state index in [9.17, 15) is 14.4 Å². The van der Waals surface area contributed by atoms with Gasteiger partial charge in [0.05, 0.1) is 44.0 Å². The maximum absolute atomic E-state index is 14.2. The van der Waals surface area contributed by atoms with E-state index in [1.165, 1.54) is 18.4 Å². The number of nitrogens with one attached hydrogen (secondary N) is 1. The summed E-state index contributed by atoms with van der Waals surface area (Å²) in [6, 6.07) is 25.9. The number of nitrogens with two attached hydrogens (primary N) is 1. The largest absolute Gasteiger partial charge is 0.468 e. The summed E-state index contributed by atoms with van der Waals surface area (Å²) >= 11 is 1.38. The molecule has 0 aliphatic rings. The van der Waals surface area contributed by atoms with E-state index in [4.69, 9.17) is 15.7 Å². The van der Waals surface area contributed by atoms with Gasteiger partial charge in [-0.25, -0.2) is 4.98 Å². The molecule has 11 heteroatoms. The second-order valence-corrected chi connectivity index (χ2v) is 13.9. The third kappa shape index (κ3) is 9.55. The zero-order chi connectivity index (χ0) is 36.3. The molecule has 5 aromatic rings. The lowest BCUT2D eigenvalue weighted by Gasteiger charge is -2.32. The molecule has 0 spiro atoms. The molecular weight excluding hydrogens is 661 g/mol. The number of carbonyl (C=O) groups is 3. The molecule has 2 heterocycles. The van der Waals surface area contributed by atoms with Gasteiger partial charge in [0.2, 0.25) is 5.91 Å². The van der Waals surface area contributed by atoms with Crippen molar-refractivity contribution in [1.82, 2.24) is 19.8 Å². The number of aromatic nitrogens is 2. The summed E-state index contributed by atoms with van der Waals surface area (Å²) in [7, 11) is 1.27. The second kappa shape index (κ2) is 17.7. The van der Waals surface area contributed by atoms with E-state index in [0.29, 0.717) is 30.1 Å². The van der Waals surface area contributed by atoms with Crippen molar-refractivity contribution in [1.29, 1.82) is 5.26 Å². The zero-order valence-electron chi connectivity index (χ0n) is 29.2. The lowest BCUT2D eigenvalue weighted by atomic mass is 9.92. The van der Waals surface area contributed by atoms with Crippen molar-refractivity contribution >= 4 is 39.8 Å². The van der Waals surface area contributed by atoms with E-state index in [0.717, 1.165) is 34.0 Å². The number of rotatable bonds is 17. The minimum atomic E-state index is -1.15. The normalized spacial score (nSPS) is 13.6. The Morgan fingerprint density at radius 1 is 1.06 bits per heavy atom. The number of esters is 1. The van der Waals surface area contributed by atoms with Crippen LogP contribution in [0.1, 0.15) is 53.4 Å². The summed E-state index contributed by atoms with van der Waals surface area (Å²) in [5, 5.41) is 16.4. The average Bonchev–Trinajstić information content (AvgIpc) is 3.83. The number of benzene rings is 3. The van der Waals surface area contributed by atoms with Gasteiger partial charge >= 0.3 is 5.97 Å². The highest BCUT2D eigenvalue weighted by Gasteiger charge is 2.35. The number of fused-ring (bicyclic) bond motifs is 1. The van der Waals surface area contributed by atoms with Crippen LogP contribution in [0.4, 0.5) is 0 Å². The molecule has 0 aliphatic heterocycles. The fourth-order valence-corrected chi connectivity index (χ4v) is 7.22. The quantitative estimate of drug-likeness (QED) is 0.122. The number of ether oxygens (including phenoxy) is 1. The van der Waals surface area contributed by atoms with E-state index in [1.54, 1.807) is 24.7 Å². The molecule has 10 nitrogen and oxygen atoms in total. The number of ketones is 1. The number of Topliss-reactive ketones (excluding diaryl/α,β-unsaturated/α-hetero) is 1. The van der Waals surface area contributed by atoms with Gasteiger partial charge in [-0.05, 0) is 51.4 Å². The highest BCUT2D eigenvalue weighted by Crippen LogP contribution is 2.27. The van der Waals surface area contributed by atoms with Crippen molar-refractivity contribution in [3.8, 4) is 6.07 Å². The van der Waals surface area contributed by atoms with Crippen LogP contribution in [0.2, 0.25) is 0 Å². The number of carbonyl (C=O) groups excluding carboxylic acids is 3. The first-order valence-electron chi connectivity index (χ1n) is 17.1. The fraction of sp³-hybridized carbons (Fsp3) is 0.325. The summed E-state index contributed by atoms with van der Waals surface area (Å²) in [5.41, 5.74) is 9.75. The number of hydrogen-bond acceptors (Lipinski definition) is 9. The van der Waals surface area contributed by atoms with Gasteiger partial charge in [-0.15, -0.1) is 11.3 Å². The first kappa shape index (κ1) is 37.1. The summed E-state index contributed by atoms with van der Waals surface area (Å²) < 4.78 is 6.88. The molecular formula is C40H44N6O4S. The standard InChI is InChI=1S/C40H44N6O4S/c1-4-27(2)34(44-37(48)19-32-21-43-26-46(32)22-29-16-14-28(20-41)15-17-29)24-45(23-31-11-7-10-30-9-5-6-12-33(30)31)25-35(47)38(36-13-8-18-51-36)39(42)40(49)50-3/h5-18,21,26-27,34,38-39H,4,19,22-25,42H2,1-3H3,(H,44,48). The number of imidazole rings is 1. The SMILES string of the molecule is CCC(C)C(CN(CC(=O)C(c1cccs1)C(N)C(=O)OC)Cc1cccc2ccccc12)NC(=O)Cc1cncn1Cc1ccc(C#N)cc1. The van der Waals surface area contributed by atoms with E-state index in [2.05, 4.69) is 59.4 Å². The summed E-state index contributed by atoms with van der Waals surface area (Å²) in [5.74, 6) is -1.78. The molecule has 0 bridgehead atoms. The predicted octanol–water partition coefficient (Wildman–Crippen LogP) is 5.45. The van der Waals surface area contributed by atoms with Crippen molar-refractivity contribution in [2.75, 3.05) is 20.2 Å². The van der Waals surface area contributed by atoms with E-state index >= 15 is 0 Å². The molecule has 5 rings (SSSR count). The van der Waals surface area contributed by atoms with Crippen LogP contribution in [-0.4, -0.2) is 64.4 Å². The molecule has 0 radical (unpaired) electrons. The lowest BCUT2D eigenvalue weighted by molar-refractivity contribution is -0.144. The highest BCUT2D eigenvalue weighted by atomic mass is 32.1. The lowest BCUT2D eigenvalue weighted by Crippen LogP contribution is -2.50. The smallest absolute Gasteiger partial charge is 0.323 e. The van der Waals surface area contributed by atoms with Gasteiger partial charge in [0, 0.05) is 42.4 Å². The van der Waals surface area contributed by atoms with Gasteiger partial charge in [0.15, 0.2) is 5.78 Å². The molecule has 0 saturated carbocycles. The van der Waals surface area contributed by atoms with Crippen molar-refractivity contribution in [3.05, 3.63) is 124 Å². The van der Waals surface area contributed by atoms with Crippen LogP contribution in [0.5, 0.6) is 0 Å². The van der Waals surface area contributed by atoms with E-state index in [1.807, 2.05) is 52.4 Å². The number of amides is 1. The predicted molar refractivity (Wildman–Crippen MR) is 199 cm³/mol. The molecule has 264 valence electrons. The molecule has 2 aromatic heterocycles. The summed E-state index contributed by atoms with van der Waals surface area (Å²) in [6.07, 6.45) is 4.33. The Bertz CT molecular complexity index is 1960. The average molecular weight is 705 g/mol. The molecule has 0 saturated heterocycles. The molecule has 51 heavy (non-hydrogen) atoms. The number of methoxy groups -OCH3 is 1. The van der Waals surface area contributed by atoms with Gasteiger partial charge in [-0.1, -0.05) is 80.9 Å². The van der Waals surface area contributed by atoms with Crippen molar-refractivity contribution in [2.24, 2.45) is 11.7 Å². The fourth-order valence-electron chi connectivity index (χ4n) is 6.32. The molecule has 0 fully saturated rings.